The summed E-state index contributed by atoms with van der Waals surface area (Å²) in [5.74, 6) is -0.500. The van der Waals surface area contributed by atoms with Crippen LogP contribution >= 0.6 is 0 Å². The quantitative estimate of drug-likeness (QED) is 0.759. The van der Waals surface area contributed by atoms with Crippen LogP contribution in [0.3, 0.4) is 0 Å². The summed E-state index contributed by atoms with van der Waals surface area (Å²) >= 11 is 0. The first kappa shape index (κ1) is 14.8. The highest BCUT2D eigenvalue weighted by Crippen LogP contribution is 2.17. The van der Waals surface area contributed by atoms with Crippen molar-refractivity contribution in [3.05, 3.63) is 58.4 Å². The van der Waals surface area contributed by atoms with Crippen LogP contribution in [0.4, 0.5) is 15.8 Å². The first-order chi connectivity index (χ1) is 9.88. The molecule has 0 saturated heterocycles. The lowest BCUT2D eigenvalue weighted by molar-refractivity contribution is 0.0952. The Morgan fingerprint density at radius 3 is 2.33 bits per heavy atom. The van der Waals surface area contributed by atoms with Gasteiger partial charge in [0.05, 0.1) is 5.56 Å². The van der Waals surface area contributed by atoms with Gasteiger partial charge < -0.3 is 16.8 Å². The highest BCUT2D eigenvalue weighted by Gasteiger charge is 2.10. The van der Waals surface area contributed by atoms with Crippen molar-refractivity contribution < 1.29 is 9.18 Å². The second-order valence-corrected chi connectivity index (χ2v) is 5.07. The maximum Gasteiger partial charge on any atom is 0.253 e. The van der Waals surface area contributed by atoms with Gasteiger partial charge in [-0.05, 0) is 48.7 Å². The van der Waals surface area contributed by atoms with E-state index < -0.39 is 0 Å². The molecular weight excluding hydrogens is 269 g/mol. The Labute approximate surface area is 123 Å². The summed E-state index contributed by atoms with van der Waals surface area (Å²) in [6.45, 7) is 3.71. The number of benzene rings is 2. The molecule has 4 nitrogen and oxygen atoms in total. The number of nitrogen functional groups attached to an aromatic ring is 2. The van der Waals surface area contributed by atoms with E-state index in [0.29, 0.717) is 34.6 Å². The van der Waals surface area contributed by atoms with Gasteiger partial charge in [0.2, 0.25) is 0 Å². The maximum absolute atomic E-state index is 13.5. The molecule has 5 N–H and O–H groups in total. The Morgan fingerprint density at radius 1 is 1.14 bits per heavy atom. The molecule has 110 valence electrons. The summed E-state index contributed by atoms with van der Waals surface area (Å²) in [5, 5.41) is 2.77. The van der Waals surface area contributed by atoms with E-state index in [0.717, 1.165) is 5.56 Å². The van der Waals surface area contributed by atoms with E-state index in [1.54, 1.807) is 44.2 Å². The third kappa shape index (κ3) is 3.31. The van der Waals surface area contributed by atoms with E-state index in [2.05, 4.69) is 5.32 Å². The van der Waals surface area contributed by atoms with Crippen LogP contribution < -0.4 is 16.8 Å². The number of anilines is 2. The maximum atomic E-state index is 13.5. The largest absolute Gasteiger partial charge is 0.399 e. The summed E-state index contributed by atoms with van der Waals surface area (Å²) in [6.07, 6.45) is 0. The van der Waals surface area contributed by atoms with Gasteiger partial charge in [0.25, 0.3) is 5.91 Å². The monoisotopic (exact) mass is 287 g/mol. The third-order valence-electron chi connectivity index (χ3n) is 3.27. The molecule has 0 heterocycles. The number of rotatable bonds is 3. The van der Waals surface area contributed by atoms with E-state index in [1.165, 1.54) is 0 Å². The van der Waals surface area contributed by atoms with Crippen molar-refractivity contribution in [3.63, 3.8) is 0 Å². The third-order valence-corrected chi connectivity index (χ3v) is 3.27. The summed E-state index contributed by atoms with van der Waals surface area (Å²) in [4.78, 5) is 12.1. The summed E-state index contributed by atoms with van der Waals surface area (Å²) in [7, 11) is 0. The van der Waals surface area contributed by atoms with Crippen LogP contribution in [0.25, 0.3) is 0 Å². The topological polar surface area (TPSA) is 81.1 Å². The number of hydrogen-bond acceptors (Lipinski definition) is 3. The van der Waals surface area contributed by atoms with Gasteiger partial charge in [-0.15, -0.1) is 0 Å². The fourth-order valence-electron chi connectivity index (χ4n) is 2.20. The predicted molar refractivity (Wildman–Crippen MR) is 82.3 cm³/mol. The van der Waals surface area contributed by atoms with Crippen molar-refractivity contribution in [3.8, 4) is 0 Å². The zero-order valence-electron chi connectivity index (χ0n) is 12.0. The molecule has 0 aliphatic heterocycles. The molecule has 0 spiro atoms. The molecule has 21 heavy (non-hydrogen) atoms. The van der Waals surface area contributed by atoms with Gasteiger partial charge in [-0.2, -0.15) is 0 Å². The van der Waals surface area contributed by atoms with Crippen LogP contribution in [0.5, 0.6) is 0 Å². The zero-order valence-corrected chi connectivity index (χ0v) is 12.0. The second-order valence-electron chi connectivity index (χ2n) is 5.07. The number of aryl methyl sites for hydroxylation is 2. The smallest absolute Gasteiger partial charge is 0.253 e. The van der Waals surface area contributed by atoms with Crippen molar-refractivity contribution in [2.24, 2.45) is 0 Å². The second kappa shape index (κ2) is 5.83. The fourth-order valence-corrected chi connectivity index (χ4v) is 2.20. The van der Waals surface area contributed by atoms with E-state index in [4.69, 9.17) is 11.5 Å². The van der Waals surface area contributed by atoms with Crippen LogP contribution in [0.15, 0.2) is 30.3 Å². The molecule has 2 rings (SSSR count). The number of hydrogen-bond donors (Lipinski definition) is 3. The SMILES string of the molecule is Cc1cc(CNC(=O)c2ccc(N)cc2N)cc(C)c1F. The Bertz CT molecular complexity index is 675. The van der Waals surface area contributed by atoms with Crippen molar-refractivity contribution in [2.45, 2.75) is 20.4 Å². The Kier molecular flexibility index (Phi) is 4.12. The van der Waals surface area contributed by atoms with Crippen LogP contribution in [0.2, 0.25) is 0 Å². The molecule has 1 amide bonds. The molecule has 0 fully saturated rings. The minimum Gasteiger partial charge on any atom is -0.399 e. The average Bonchev–Trinajstić information content (AvgIpc) is 2.42. The predicted octanol–water partition coefficient (Wildman–Crippen LogP) is 2.54. The lowest BCUT2D eigenvalue weighted by atomic mass is 10.1. The number of carbonyl (C=O) groups is 1. The lowest BCUT2D eigenvalue weighted by Gasteiger charge is -2.10. The van der Waals surface area contributed by atoms with Crippen molar-refractivity contribution in [1.29, 1.82) is 0 Å². The standard InChI is InChI=1S/C16H18FN3O/c1-9-5-11(6-10(2)15(9)17)8-20-16(21)13-4-3-12(18)7-14(13)19/h3-7H,8,18-19H2,1-2H3,(H,20,21). The van der Waals surface area contributed by atoms with Crippen LogP contribution in [-0.2, 0) is 6.54 Å². The molecule has 0 aliphatic rings. The Morgan fingerprint density at radius 2 is 1.76 bits per heavy atom. The van der Waals surface area contributed by atoms with Gasteiger partial charge in [0.15, 0.2) is 0 Å². The summed E-state index contributed by atoms with van der Waals surface area (Å²) in [5.41, 5.74) is 14.5. The first-order valence-electron chi connectivity index (χ1n) is 6.57. The van der Waals surface area contributed by atoms with Crippen molar-refractivity contribution >= 4 is 17.3 Å². The number of nitrogens with two attached hydrogens (primary N) is 2. The number of amides is 1. The van der Waals surface area contributed by atoms with Crippen LogP contribution in [0, 0.1) is 19.7 Å². The molecule has 0 bridgehead atoms. The Hall–Kier alpha value is -2.56. The van der Waals surface area contributed by atoms with Crippen LogP contribution in [-0.4, -0.2) is 5.91 Å². The lowest BCUT2D eigenvalue weighted by Crippen LogP contribution is -2.24. The Balaban J connectivity index is 2.11. The molecule has 0 radical (unpaired) electrons. The fraction of sp³-hybridized carbons (Fsp3) is 0.188. The molecular formula is C16H18FN3O. The molecule has 0 unspecified atom stereocenters. The molecule has 0 atom stereocenters. The molecule has 2 aromatic rings. The van der Waals surface area contributed by atoms with Gasteiger partial charge in [-0.1, -0.05) is 12.1 Å². The van der Waals surface area contributed by atoms with Gasteiger partial charge in [-0.25, -0.2) is 4.39 Å². The van der Waals surface area contributed by atoms with E-state index in [1.807, 2.05) is 0 Å². The van der Waals surface area contributed by atoms with Crippen molar-refractivity contribution in [2.75, 3.05) is 11.5 Å². The molecule has 0 saturated carbocycles. The average molecular weight is 287 g/mol. The normalized spacial score (nSPS) is 10.4. The minimum absolute atomic E-state index is 0.215. The summed E-state index contributed by atoms with van der Waals surface area (Å²) < 4.78 is 13.5. The zero-order chi connectivity index (χ0) is 15.6. The molecule has 0 aliphatic carbocycles. The highest BCUT2D eigenvalue weighted by molar-refractivity contribution is 5.99. The van der Waals surface area contributed by atoms with Gasteiger partial charge in [0.1, 0.15) is 5.82 Å². The van der Waals surface area contributed by atoms with Gasteiger partial charge in [0, 0.05) is 17.9 Å². The molecule has 5 heteroatoms. The number of carbonyl (C=O) groups excluding carboxylic acids is 1. The van der Waals surface area contributed by atoms with Gasteiger partial charge >= 0.3 is 0 Å². The van der Waals surface area contributed by atoms with Crippen LogP contribution in [0.1, 0.15) is 27.0 Å². The highest BCUT2D eigenvalue weighted by atomic mass is 19.1. The summed E-state index contributed by atoms with van der Waals surface area (Å²) in [6, 6.07) is 8.18. The first-order valence-corrected chi connectivity index (χ1v) is 6.57. The molecule has 0 aromatic heterocycles. The number of halogens is 1. The van der Waals surface area contributed by atoms with E-state index in [-0.39, 0.29) is 11.7 Å². The molecule has 2 aromatic carbocycles. The van der Waals surface area contributed by atoms with E-state index >= 15 is 0 Å². The van der Waals surface area contributed by atoms with Crippen molar-refractivity contribution in [1.82, 2.24) is 5.32 Å². The number of nitrogens with one attached hydrogen (secondary N) is 1. The van der Waals surface area contributed by atoms with E-state index in [9.17, 15) is 9.18 Å². The van der Waals surface area contributed by atoms with Gasteiger partial charge in [-0.3, -0.25) is 4.79 Å². The minimum atomic E-state index is -0.285.